The highest BCUT2D eigenvalue weighted by Gasteiger charge is 2.13. The van der Waals surface area contributed by atoms with Crippen molar-refractivity contribution in [1.29, 1.82) is 0 Å². The molecule has 0 saturated carbocycles. The number of carboxylic acids is 1. The molecule has 0 aliphatic carbocycles. The quantitative estimate of drug-likeness (QED) is 0.604. The molecule has 0 unspecified atom stereocenters. The fraction of sp³-hybridized carbons (Fsp3) is 0.400. The largest absolute Gasteiger partial charge is 0.491 e. The Morgan fingerprint density at radius 1 is 1.32 bits per heavy atom. The zero-order valence-corrected chi connectivity index (χ0v) is 11.2. The monoisotopic (exact) mass is 262 g/mol. The molecule has 0 saturated heterocycles. The van der Waals surface area contributed by atoms with Gasteiger partial charge in [-0.3, -0.25) is 4.79 Å². The van der Waals surface area contributed by atoms with Gasteiger partial charge in [-0.1, -0.05) is 18.1 Å². The van der Waals surface area contributed by atoms with Crippen LogP contribution >= 0.6 is 0 Å². The number of terminal acetylenes is 1. The van der Waals surface area contributed by atoms with Crippen LogP contribution in [0.25, 0.3) is 0 Å². The van der Waals surface area contributed by atoms with Gasteiger partial charge in [-0.25, -0.2) is 0 Å². The Labute approximate surface area is 113 Å². The number of ether oxygens (including phenoxy) is 2. The lowest BCUT2D eigenvalue weighted by Gasteiger charge is -2.18. The molecule has 19 heavy (non-hydrogen) atoms. The number of benzene rings is 1. The van der Waals surface area contributed by atoms with E-state index in [9.17, 15) is 4.79 Å². The summed E-state index contributed by atoms with van der Waals surface area (Å²) in [5.74, 6) is 2.36. The molecule has 0 aliphatic heterocycles. The Morgan fingerprint density at radius 2 is 1.95 bits per heavy atom. The molecular weight excluding hydrogens is 244 g/mol. The number of aliphatic carboxylic acids is 1. The Morgan fingerprint density at radius 3 is 2.47 bits per heavy atom. The van der Waals surface area contributed by atoms with Crippen molar-refractivity contribution in [3.63, 3.8) is 0 Å². The van der Waals surface area contributed by atoms with Gasteiger partial charge in [-0.15, -0.1) is 6.42 Å². The summed E-state index contributed by atoms with van der Waals surface area (Å²) >= 11 is 0. The molecule has 4 nitrogen and oxygen atoms in total. The summed E-state index contributed by atoms with van der Waals surface area (Å²) in [4.78, 5) is 10.5. The van der Waals surface area contributed by atoms with E-state index in [0.29, 0.717) is 19.0 Å². The standard InChI is InChI=1S/C15H18O4/c1-4-15(2,3)19-10-9-18-13-7-5-12(6-8-13)11-14(16)17/h1,5-8H,9-11H2,2-3H3,(H,16,17). The van der Waals surface area contributed by atoms with Gasteiger partial charge < -0.3 is 14.6 Å². The smallest absolute Gasteiger partial charge is 0.307 e. The fourth-order valence-electron chi connectivity index (χ4n) is 1.38. The lowest BCUT2D eigenvalue weighted by molar-refractivity contribution is -0.136. The minimum atomic E-state index is -0.849. The highest BCUT2D eigenvalue weighted by molar-refractivity contribution is 5.70. The van der Waals surface area contributed by atoms with E-state index >= 15 is 0 Å². The highest BCUT2D eigenvalue weighted by Crippen LogP contribution is 2.13. The third kappa shape index (κ3) is 5.94. The second kappa shape index (κ2) is 6.81. The van der Waals surface area contributed by atoms with Gasteiger partial charge in [0, 0.05) is 0 Å². The van der Waals surface area contributed by atoms with Gasteiger partial charge >= 0.3 is 5.97 Å². The average molecular weight is 262 g/mol. The van der Waals surface area contributed by atoms with Crippen LogP contribution in [-0.2, 0) is 16.0 Å². The van der Waals surface area contributed by atoms with E-state index < -0.39 is 11.6 Å². The fourth-order valence-corrected chi connectivity index (χ4v) is 1.38. The highest BCUT2D eigenvalue weighted by atomic mass is 16.5. The normalized spacial score (nSPS) is 10.8. The van der Waals surface area contributed by atoms with E-state index in [0.717, 1.165) is 5.56 Å². The van der Waals surface area contributed by atoms with Crippen molar-refractivity contribution in [2.45, 2.75) is 25.9 Å². The van der Waals surface area contributed by atoms with Crippen molar-refractivity contribution in [3.05, 3.63) is 29.8 Å². The van der Waals surface area contributed by atoms with Crippen molar-refractivity contribution in [1.82, 2.24) is 0 Å². The van der Waals surface area contributed by atoms with Crippen LogP contribution in [0.2, 0.25) is 0 Å². The average Bonchev–Trinajstić information content (AvgIpc) is 2.36. The molecule has 0 amide bonds. The maximum Gasteiger partial charge on any atom is 0.307 e. The van der Waals surface area contributed by atoms with Gasteiger partial charge in [0.15, 0.2) is 0 Å². The van der Waals surface area contributed by atoms with Crippen molar-refractivity contribution >= 4 is 5.97 Å². The minimum absolute atomic E-state index is 0.0136. The lowest BCUT2D eigenvalue weighted by Crippen LogP contribution is -2.24. The molecule has 0 bridgehead atoms. The number of carbonyl (C=O) groups is 1. The lowest BCUT2D eigenvalue weighted by atomic mass is 10.1. The molecule has 1 aromatic rings. The van der Waals surface area contributed by atoms with Crippen LogP contribution in [0.3, 0.4) is 0 Å². The Bertz CT molecular complexity index is 454. The van der Waals surface area contributed by atoms with E-state index in [2.05, 4.69) is 5.92 Å². The number of rotatable bonds is 7. The molecule has 1 rings (SSSR count). The summed E-state index contributed by atoms with van der Waals surface area (Å²) < 4.78 is 10.9. The molecule has 0 atom stereocenters. The second-order valence-corrected chi connectivity index (χ2v) is 4.57. The first kappa shape index (κ1) is 15.1. The molecule has 0 heterocycles. The topological polar surface area (TPSA) is 55.8 Å². The summed E-state index contributed by atoms with van der Waals surface area (Å²) in [6.45, 7) is 4.42. The summed E-state index contributed by atoms with van der Waals surface area (Å²) in [6, 6.07) is 6.95. The molecule has 4 heteroatoms. The van der Waals surface area contributed by atoms with Crippen molar-refractivity contribution in [2.75, 3.05) is 13.2 Å². The molecule has 1 aromatic carbocycles. The Kier molecular flexibility index (Phi) is 5.40. The van der Waals surface area contributed by atoms with Crippen molar-refractivity contribution < 1.29 is 19.4 Å². The van der Waals surface area contributed by atoms with Crippen LogP contribution in [0.5, 0.6) is 5.75 Å². The van der Waals surface area contributed by atoms with Crippen LogP contribution in [-0.4, -0.2) is 29.9 Å². The Balaban J connectivity index is 2.35. The van der Waals surface area contributed by atoms with Crippen LogP contribution in [0, 0.1) is 12.3 Å². The van der Waals surface area contributed by atoms with E-state index in [4.69, 9.17) is 21.0 Å². The zero-order chi connectivity index (χ0) is 14.3. The zero-order valence-electron chi connectivity index (χ0n) is 11.2. The molecule has 0 aliphatic rings. The van der Waals surface area contributed by atoms with Crippen molar-refractivity contribution in [2.24, 2.45) is 0 Å². The predicted molar refractivity (Wildman–Crippen MR) is 72.1 cm³/mol. The summed E-state index contributed by atoms with van der Waals surface area (Å²) in [7, 11) is 0. The van der Waals surface area contributed by atoms with Gasteiger partial charge in [-0.2, -0.15) is 0 Å². The molecular formula is C15H18O4. The second-order valence-electron chi connectivity index (χ2n) is 4.57. The van der Waals surface area contributed by atoms with Gasteiger partial charge in [0.2, 0.25) is 0 Å². The number of carboxylic acid groups (broad SMARTS) is 1. The molecule has 0 aromatic heterocycles. The third-order valence-electron chi connectivity index (χ3n) is 2.44. The van der Waals surface area contributed by atoms with E-state index in [1.807, 2.05) is 13.8 Å². The van der Waals surface area contributed by atoms with Gasteiger partial charge in [-0.05, 0) is 31.5 Å². The maximum absolute atomic E-state index is 10.5. The molecule has 0 radical (unpaired) electrons. The SMILES string of the molecule is C#CC(C)(C)OCCOc1ccc(CC(=O)O)cc1. The van der Waals surface area contributed by atoms with Gasteiger partial charge in [0.1, 0.15) is 18.0 Å². The summed E-state index contributed by atoms with van der Waals surface area (Å²) in [5.41, 5.74) is 0.152. The first-order valence-electron chi connectivity index (χ1n) is 5.98. The molecule has 0 fully saturated rings. The van der Waals surface area contributed by atoms with Crippen LogP contribution in [0.15, 0.2) is 24.3 Å². The van der Waals surface area contributed by atoms with E-state index in [1.54, 1.807) is 24.3 Å². The predicted octanol–water partition coefficient (Wildman–Crippen LogP) is 2.12. The third-order valence-corrected chi connectivity index (χ3v) is 2.44. The molecule has 1 N–H and O–H groups in total. The van der Waals surface area contributed by atoms with Gasteiger partial charge in [0.25, 0.3) is 0 Å². The first-order chi connectivity index (χ1) is 8.93. The number of hydrogen-bond acceptors (Lipinski definition) is 3. The summed E-state index contributed by atoms with van der Waals surface area (Å²) in [5, 5.41) is 8.65. The maximum atomic E-state index is 10.5. The first-order valence-corrected chi connectivity index (χ1v) is 5.98. The van der Waals surface area contributed by atoms with Crippen LogP contribution in [0.1, 0.15) is 19.4 Å². The van der Waals surface area contributed by atoms with E-state index in [-0.39, 0.29) is 6.42 Å². The summed E-state index contributed by atoms with van der Waals surface area (Å²) in [6.07, 6.45) is 5.31. The van der Waals surface area contributed by atoms with Crippen molar-refractivity contribution in [3.8, 4) is 18.1 Å². The van der Waals surface area contributed by atoms with E-state index in [1.165, 1.54) is 0 Å². The molecule has 0 spiro atoms. The number of hydrogen-bond donors (Lipinski definition) is 1. The van der Waals surface area contributed by atoms with Crippen LogP contribution < -0.4 is 4.74 Å². The molecule has 102 valence electrons. The van der Waals surface area contributed by atoms with Crippen LogP contribution in [0.4, 0.5) is 0 Å². The Hall–Kier alpha value is -1.99. The van der Waals surface area contributed by atoms with Gasteiger partial charge in [0.05, 0.1) is 13.0 Å². The minimum Gasteiger partial charge on any atom is -0.491 e.